The van der Waals surface area contributed by atoms with Crippen LogP contribution in [0.1, 0.15) is 18.1 Å². The smallest absolute Gasteiger partial charge is 0.310 e. The highest BCUT2D eigenvalue weighted by atomic mass is 79.9. The van der Waals surface area contributed by atoms with Gasteiger partial charge < -0.3 is 26.7 Å². The Kier molecular flexibility index (Phi) is 6.55. The summed E-state index contributed by atoms with van der Waals surface area (Å²) in [5.41, 5.74) is 3.46. The van der Waals surface area contributed by atoms with Crippen molar-refractivity contribution >= 4 is 16.9 Å². The Labute approximate surface area is 152 Å². The molecule has 0 unspecified atom stereocenters. The van der Waals surface area contributed by atoms with Crippen LogP contribution in [0.4, 0.5) is 0 Å². The van der Waals surface area contributed by atoms with Crippen LogP contribution in [0.2, 0.25) is 0 Å². The molecule has 0 saturated carbocycles. The normalized spacial score (nSPS) is 10.4. The minimum absolute atomic E-state index is 0. The number of H-pyrrole nitrogens is 1. The van der Waals surface area contributed by atoms with Crippen LogP contribution in [-0.4, -0.2) is 17.6 Å². The number of aromatic amines is 1. The van der Waals surface area contributed by atoms with E-state index >= 15 is 0 Å². The summed E-state index contributed by atoms with van der Waals surface area (Å²) in [5.74, 6) is -0.179. The van der Waals surface area contributed by atoms with E-state index in [1.165, 1.54) is 16.5 Å². The molecule has 0 saturated heterocycles. The van der Waals surface area contributed by atoms with E-state index in [1.807, 2.05) is 37.5 Å². The van der Waals surface area contributed by atoms with Crippen molar-refractivity contribution in [2.45, 2.75) is 26.3 Å². The summed E-state index contributed by atoms with van der Waals surface area (Å²) < 4.78 is 7.12. The summed E-state index contributed by atoms with van der Waals surface area (Å²) in [7, 11) is 0. The van der Waals surface area contributed by atoms with Gasteiger partial charge in [0.2, 0.25) is 0 Å². The van der Waals surface area contributed by atoms with E-state index in [2.05, 4.69) is 33.9 Å². The highest BCUT2D eigenvalue weighted by molar-refractivity contribution is 5.82. The van der Waals surface area contributed by atoms with Crippen molar-refractivity contribution in [2.24, 2.45) is 0 Å². The SMILES string of the molecule is CCOC(=O)Cc1ccc[n+](CCc2c[nH]c3ccccc23)c1.[Br-]. The predicted molar refractivity (Wildman–Crippen MR) is 89.0 cm³/mol. The molecule has 5 heteroatoms. The minimum Gasteiger partial charge on any atom is -1.00 e. The van der Waals surface area contributed by atoms with E-state index in [-0.39, 0.29) is 23.0 Å². The maximum atomic E-state index is 11.6. The summed E-state index contributed by atoms with van der Waals surface area (Å²) in [6.07, 6.45) is 7.39. The quantitative estimate of drug-likeness (QED) is 0.469. The van der Waals surface area contributed by atoms with Crippen LogP contribution in [0, 0.1) is 0 Å². The molecule has 0 aliphatic heterocycles. The van der Waals surface area contributed by atoms with Crippen molar-refractivity contribution in [1.82, 2.24) is 4.98 Å². The van der Waals surface area contributed by atoms with Crippen molar-refractivity contribution in [3.05, 3.63) is 66.1 Å². The van der Waals surface area contributed by atoms with Gasteiger partial charge in [0.05, 0.1) is 13.0 Å². The zero-order valence-electron chi connectivity index (χ0n) is 13.7. The molecular formula is C19H21BrN2O2. The molecule has 24 heavy (non-hydrogen) atoms. The topological polar surface area (TPSA) is 46.0 Å². The number of aryl methyl sites for hydroxylation is 2. The molecule has 0 fully saturated rings. The molecule has 0 aliphatic carbocycles. The van der Waals surface area contributed by atoms with Gasteiger partial charge >= 0.3 is 5.97 Å². The fourth-order valence-corrected chi connectivity index (χ4v) is 2.79. The molecule has 3 aromatic rings. The van der Waals surface area contributed by atoms with Crippen molar-refractivity contribution in [2.75, 3.05) is 6.61 Å². The molecule has 2 heterocycles. The number of hydrogen-bond acceptors (Lipinski definition) is 2. The number of hydrogen-bond donors (Lipinski definition) is 1. The Bertz CT molecular complexity index is 814. The molecule has 0 amide bonds. The van der Waals surface area contributed by atoms with E-state index in [0.717, 1.165) is 18.5 Å². The van der Waals surface area contributed by atoms with Crippen LogP contribution < -0.4 is 21.5 Å². The van der Waals surface area contributed by atoms with Crippen LogP contribution in [-0.2, 0) is 28.9 Å². The lowest BCUT2D eigenvalue weighted by Crippen LogP contribution is -3.00. The van der Waals surface area contributed by atoms with Gasteiger partial charge in [-0.1, -0.05) is 18.2 Å². The average Bonchev–Trinajstić information content (AvgIpc) is 2.97. The molecule has 0 bridgehead atoms. The number of fused-ring (bicyclic) bond motifs is 1. The van der Waals surface area contributed by atoms with E-state index in [0.29, 0.717) is 13.0 Å². The Hall–Kier alpha value is -2.14. The first-order valence-electron chi connectivity index (χ1n) is 7.95. The molecule has 0 aliphatic rings. The monoisotopic (exact) mass is 388 g/mol. The number of nitrogens with zero attached hydrogens (tertiary/aromatic N) is 1. The Morgan fingerprint density at radius 3 is 2.88 bits per heavy atom. The zero-order chi connectivity index (χ0) is 16.1. The minimum atomic E-state index is -0.179. The summed E-state index contributed by atoms with van der Waals surface area (Å²) >= 11 is 0. The van der Waals surface area contributed by atoms with E-state index in [4.69, 9.17) is 4.74 Å². The van der Waals surface area contributed by atoms with Gasteiger partial charge in [-0.2, -0.15) is 0 Å². The van der Waals surface area contributed by atoms with Gasteiger partial charge in [-0.15, -0.1) is 0 Å². The van der Waals surface area contributed by atoms with Crippen LogP contribution in [0.3, 0.4) is 0 Å². The number of carbonyl (C=O) groups excluding carboxylic acids is 1. The van der Waals surface area contributed by atoms with E-state index < -0.39 is 0 Å². The molecule has 1 aromatic carbocycles. The Morgan fingerprint density at radius 2 is 2.04 bits per heavy atom. The van der Waals surface area contributed by atoms with Crippen molar-refractivity contribution in [1.29, 1.82) is 0 Å². The number of carbonyl (C=O) groups is 1. The second-order valence-electron chi connectivity index (χ2n) is 5.54. The lowest BCUT2D eigenvalue weighted by Gasteiger charge is -2.02. The van der Waals surface area contributed by atoms with Crippen LogP contribution in [0.25, 0.3) is 10.9 Å². The Balaban J connectivity index is 0.00000208. The predicted octanol–water partition coefficient (Wildman–Crippen LogP) is -0.192. The molecule has 0 spiro atoms. The summed E-state index contributed by atoms with van der Waals surface area (Å²) in [4.78, 5) is 14.9. The lowest BCUT2D eigenvalue weighted by molar-refractivity contribution is -0.696. The van der Waals surface area contributed by atoms with Gasteiger partial charge in [-0.05, 0) is 24.6 Å². The molecule has 0 radical (unpaired) electrons. The van der Waals surface area contributed by atoms with Crippen molar-refractivity contribution in [3.63, 3.8) is 0 Å². The summed E-state index contributed by atoms with van der Waals surface area (Å²) in [6.45, 7) is 3.12. The zero-order valence-corrected chi connectivity index (χ0v) is 15.3. The van der Waals surface area contributed by atoms with Gasteiger partial charge in [0.1, 0.15) is 0 Å². The van der Waals surface area contributed by atoms with Gasteiger partial charge in [-0.25, -0.2) is 4.57 Å². The van der Waals surface area contributed by atoms with Crippen LogP contribution in [0.15, 0.2) is 55.0 Å². The fourth-order valence-electron chi connectivity index (χ4n) is 2.79. The molecule has 3 rings (SSSR count). The third kappa shape index (κ3) is 4.45. The number of ether oxygens (including phenoxy) is 1. The van der Waals surface area contributed by atoms with Crippen molar-refractivity contribution in [3.8, 4) is 0 Å². The standard InChI is InChI=1S/C19H21N2O2.BrH/c1-2-23-19(22)12-15-6-5-10-21(14-15)11-9-16-13-20-18-8-4-3-7-17(16)18;/h3-8,10,13-14,20H,2,9,11-12H2,1H3;1H/q+1;/p-1. The maximum absolute atomic E-state index is 11.6. The highest BCUT2D eigenvalue weighted by Crippen LogP contribution is 2.17. The molecule has 0 atom stereocenters. The summed E-state index contributed by atoms with van der Waals surface area (Å²) in [5, 5.41) is 1.27. The number of aromatic nitrogens is 2. The molecule has 126 valence electrons. The number of benzene rings is 1. The number of nitrogens with one attached hydrogen (secondary N) is 1. The Morgan fingerprint density at radius 1 is 1.21 bits per heavy atom. The number of rotatable bonds is 6. The summed E-state index contributed by atoms with van der Waals surface area (Å²) in [6, 6.07) is 12.3. The fraction of sp³-hybridized carbons (Fsp3) is 0.263. The van der Waals surface area contributed by atoms with Crippen molar-refractivity contribution < 1.29 is 31.1 Å². The average molecular weight is 389 g/mol. The molecular weight excluding hydrogens is 368 g/mol. The van der Waals surface area contributed by atoms with Gasteiger partial charge in [-0.3, -0.25) is 4.79 Å². The largest absolute Gasteiger partial charge is 1.00 e. The maximum Gasteiger partial charge on any atom is 0.310 e. The highest BCUT2D eigenvalue weighted by Gasteiger charge is 2.10. The first kappa shape index (κ1) is 18.2. The first-order chi connectivity index (χ1) is 11.3. The first-order valence-corrected chi connectivity index (χ1v) is 7.95. The van der Waals surface area contributed by atoms with E-state index in [1.54, 1.807) is 0 Å². The second kappa shape index (κ2) is 8.64. The third-order valence-corrected chi connectivity index (χ3v) is 3.89. The van der Waals surface area contributed by atoms with Crippen LogP contribution in [0.5, 0.6) is 0 Å². The number of esters is 1. The molecule has 2 aromatic heterocycles. The molecule has 4 nitrogen and oxygen atoms in total. The number of halogens is 1. The van der Waals surface area contributed by atoms with Gasteiger partial charge in [0, 0.05) is 35.2 Å². The van der Waals surface area contributed by atoms with Gasteiger partial charge in [0.25, 0.3) is 0 Å². The van der Waals surface area contributed by atoms with Gasteiger partial charge in [0.15, 0.2) is 18.9 Å². The molecule has 1 N–H and O–H groups in total. The van der Waals surface area contributed by atoms with Crippen LogP contribution >= 0.6 is 0 Å². The third-order valence-electron chi connectivity index (χ3n) is 3.89. The number of para-hydroxylation sites is 1. The lowest BCUT2D eigenvalue weighted by atomic mass is 10.1. The number of pyridine rings is 1. The second-order valence-corrected chi connectivity index (χ2v) is 5.54. The van der Waals surface area contributed by atoms with E-state index in [9.17, 15) is 4.79 Å².